The van der Waals surface area contributed by atoms with Gasteiger partial charge in [0.2, 0.25) is 0 Å². The molecular weight excluding hydrogens is 112 g/mol. The molecule has 0 aromatic rings. The first-order chi connectivity index (χ1) is 4.13. The van der Waals surface area contributed by atoms with Crippen LogP contribution < -0.4 is 0 Å². The Morgan fingerprint density at radius 1 is 1.56 bits per heavy atom. The Morgan fingerprint density at radius 2 is 2.11 bits per heavy atom. The van der Waals surface area contributed by atoms with Crippen molar-refractivity contribution in [2.24, 2.45) is 0 Å². The Kier molecular flexibility index (Phi) is 4.41. The second kappa shape index (κ2) is 4.57. The van der Waals surface area contributed by atoms with E-state index in [4.69, 9.17) is 0 Å². The van der Waals surface area contributed by atoms with Crippen LogP contribution in [0.25, 0.3) is 0 Å². The van der Waals surface area contributed by atoms with Crippen molar-refractivity contribution in [3.05, 3.63) is 11.6 Å². The highest BCUT2D eigenvalue weighted by atomic mass is 16.3. The van der Waals surface area contributed by atoms with Crippen molar-refractivity contribution in [2.75, 3.05) is 0 Å². The van der Waals surface area contributed by atoms with Gasteiger partial charge in [0.25, 0.3) is 0 Å². The molecule has 1 radical (unpaired) electrons. The second-order valence-electron chi connectivity index (χ2n) is 2.67. The Bertz CT molecular complexity index is 88.7. The molecule has 1 nitrogen and oxygen atoms in total. The number of hydrogen-bond donors (Lipinski definition) is 0. The highest BCUT2D eigenvalue weighted by Gasteiger charge is 1.93. The third-order valence-electron chi connectivity index (χ3n) is 1.13. The molecule has 1 heteroatoms. The van der Waals surface area contributed by atoms with Gasteiger partial charge in [0.05, 0.1) is 6.10 Å². The van der Waals surface area contributed by atoms with E-state index in [0.29, 0.717) is 0 Å². The maximum absolute atomic E-state index is 10.5. The molecule has 0 saturated heterocycles. The van der Waals surface area contributed by atoms with Gasteiger partial charge in [0.15, 0.2) is 0 Å². The first kappa shape index (κ1) is 8.70. The molecule has 0 aromatic carbocycles. The van der Waals surface area contributed by atoms with E-state index >= 15 is 0 Å². The first-order valence-electron chi connectivity index (χ1n) is 3.42. The van der Waals surface area contributed by atoms with E-state index in [1.807, 2.05) is 0 Å². The zero-order valence-electron chi connectivity index (χ0n) is 6.48. The van der Waals surface area contributed by atoms with E-state index in [1.54, 1.807) is 6.92 Å². The summed E-state index contributed by atoms with van der Waals surface area (Å²) in [5, 5.41) is 10.5. The zero-order valence-corrected chi connectivity index (χ0v) is 6.48. The van der Waals surface area contributed by atoms with Crippen molar-refractivity contribution in [2.45, 2.75) is 39.7 Å². The van der Waals surface area contributed by atoms with Crippen molar-refractivity contribution in [1.82, 2.24) is 0 Å². The quantitative estimate of drug-likeness (QED) is 0.519. The lowest BCUT2D eigenvalue weighted by molar-refractivity contribution is 0.0986. The van der Waals surface area contributed by atoms with Crippen LogP contribution in [0.4, 0.5) is 0 Å². The van der Waals surface area contributed by atoms with E-state index in [9.17, 15) is 5.11 Å². The van der Waals surface area contributed by atoms with Crippen molar-refractivity contribution < 1.29 is 5.11 Å². The van der Waals surface area contributed by atoms with Gasteiger partial charge < -0.3 is 0 Å². The molecule has 0 rings (SSSR count). The fourth-order valence-corrected chi connectivity index (χ4v) is 0.607. The van der Waals surface area contributed by atoms with E-state index < -0.39 is 6.10 Å². The van der Waals surface area contributed by atoms with Crippen LogP contribution in [-0.4, -0.2) is 6.10 Å². The van der Waals surface area contributed by atoms with Crippen molar-refractivity contribution in [1.29, 1.82) is 0 Å². The van der Waals surface area contributed by atoms with Crippen molar-refractivity contribution in [3.8, 4) is 0 Å². The normalized spacial score (nSPS) is 12.9. The molecule has 0 N–H and O–H groups in total. The van der Waals surface area contributed by atoms with Crippen LogP contribution in [-0.2, 0) is 5.11 Å². The van der Waals surface area contributed by atoms with Gasteiger partial charge in [-0.1, -0.05) is 11.6 Å². The lowest BCUT2D eigenvalue weighted by Gasteiger charge is -1.96. The summed E-state index contributed by atoms with van der Waals surface area (Å²) in [6.07, 6.45) is 3.41. The molecule has 0 amide bonds. The molecule has 0 heterocycles. The number of hydrogen-bond acceptors (Lipinski definition) is 0. The summed E-state index contributed by atoms with van der Waals surface area (Å²) in [6, 6.07) is 0. The lowest BCUT2D eigenvalue weighted by Crippen LogP contribution is -1.94. The van der Waals surface area contributed by atoms with Crippen LogP contribution >= 0.6 is 0 Å². The predicted molar refractivity (Wildman–Crippen MR) is 38.8 cm³/mol. The SMILES string of the molecule is CC(C)=CCCC(C)[O]. The van der Waals surface area contributed by atoms with E-state index in [0.717, 1.165) is 12.8 Å². The minimum Gasteiger partial charge on any atom is -0.233 e. The molecule has 0 fully saturated rings. The Hall–Kier alpha value is -0.300. The van der Waals surface area contributed by atoms with Crippen LogP contribution in [0.1, 0.15) is 33.6 Å². The summed E-state index contributed by atoms with van der Waals surface area (Å²) in [5.41, 5.74) is 1.30. The van der Waals surface area contributed by atoms with Crippen LogP contribution in [0.2, 0.25) is 0 Å². The largest absolute Gasteiger partial charge is 0.233 e. The molecule has 0 aliphatic heterocycles. The molecule has 0 aromatic heterocycles. The fraction of sp³-hybridized carbons (Fsp3) is 0.750. The molecule has 0 aliphatic carbocycles. The van der Waals surface area contributed by atoms with Crippen LogP contribution in [0, 0.1) is 0 Å². The predicted octanol–water partition coefficient (Wildman–Crippen LogP) is 2.55. The average Bonchev–Trinajstić information content (AvgIpc) is 1.63. The smallest absolute Gasteiger partial charge is 0.0905 e. The summed E-state index contributed by atoms with van der Waals surface area (Å²) < 4.78 is 0. The van der Waals surface area contributed by atoms with Gasteiger partial charge in [0, 0.05) is 0 Å². The zero-order chi connectivity index (χ0) is 7.28. The first-order valence-corrected chi connectivity index (χ1v) is 3.42. The van der Waals surface area contributed by atoms with Crippen molar-refractivity contribution >= 4 is 0 Å². The topological polar surface area (TPSA) is 19.9 Å². The maximum Gasteiger partial charge on any atom is 0.0905 e. The summed E-state index contributed by atoms with van der Waals surface area (Å²) in [7, 11) is 0. The maximum atomic E-state index is 10.5. The van der Waals surface area contributed by atoms with E-state index in [1.165, 1.54) is 5.57 Å². The molecule has 0 bridgehead atoms. The Labute approximate surface area is 57.4 Å². The standard InChI is InChI=1S/C8H15O/c1-7(2)5-4-6-8(3)9/h5,8H,4,6H2,1-3H3. The average molecular weight is 127 g/mol. The monoisotopic (exact) mass is 127 g/mol. The third-order valence-corrected chi connectivity index (χ3v) is 1.13. The molecule has 0 aliphatic rings. The molecule has 1 unspecified atom stereocenters. The third kappa shape index (κ3) is 7.70. The van der Waals surface area contributed by atoms with Crippen molar-refractivity contribution in [3.63, 3.8) is 0 Å². The molecule has 1 atom stereocenters. The molecule has 0 saturated carbocycles. The Balaban J connectivity index is 3.20. The molecule has 9 heavy (non-hydrogen) atoms. The highest BCUT2D eigenvalue weighted by molar-refractivity contribution is 4.92. The summed E-state index contributed by atoms with van der Waals surface area (Å²) in [4.78, 5) is 0. The second-order valence-corrected chi connectivity index (χ2v) is 2.67. The van der Waals surface area contributed by atoms with Crippen LogP contribution in [0.3, 0.4) is 0 Å². The van der Waals surface area contributed by atoms with Gasteiger partial charge in [-0.2, -0.15) is 0 Å². The number of allylic oxidation sites excluding steroid dienone is 2. The van der Waals surface area contributed by atoms with E-state index in [2.05, 4.69) is 19.9 Å². The summed E-state index contributed by atoms with van der Waals surface area (Å²) >= 11 is 0. The van der Waals surface area contributed by atoms with Crippen LogP contribution in [0.5, 0.6) is 0 Å². The van der Waals surface area contributed by atoms with Gasteiger partial charge in [0.1, 0.15) is 0 Å². The van der Waals surface area contributed by atoms with Crippen LogP contribution in [0.15, 0.2) is 11.6 Å². The summed E-state index contributed by atoms with van der Waals surface area (Å²) in [5.74, 6) is 0. The van der Waals surface area contributed by atoms with Gasteiger partial charge in [-0.3, -0.25) is 0 Å². The van der Waals surface area contributed by atoms with Gasteiger partial charge in [-0.25, -0.2) is 5.11 Å². The van der Waals surface area contributed by atoms with E-state index in [-0.39, 0.29) is 0 Å². The van der Waals surface area contributed by atoms with Gasteiger partial charge >= 0.3 is 0 Å². The Morgan fingerprint density at radius 3 is 2.44 bits per heavy atom. The number of rotatable bonds is 3. The minimum absolute atomic E-state index is 0.402. The summed E-state index contributed by atoms with van der Waals surface area (Å²) in [6.45, 7) is 5.81. The molecule has 53 valence electrons. The fourth-order valence-electron chi connectivity index (χ4n) is 0.607. The highest BCUT2D eigenvalue weighted by Crippen LogP contribution is 2.00. The minimum atomic E-state index is -0.402. The lowest BCUT2D eigenvalue weighted by atomic mass is 10.2. The molecule has 0 spiro atoms. The molecular formula is C8H15O. The van der Waals surface area contributed by atoms with Gasteiger partial charge in [-0.05, 0) is 33.6 Å². The van der Waals surface area contributed by atoms with Gasteiger partial charge in [-0.15, -0.1) is 0 Å².